The van der Waals surface area contributed by atoms with Crippen LogP contribution in [0.25, 0.3) is 0 Å². The van der Waals surface area contributed by atoms with Crippen LogP contribution >= 0.6 is 0 Å². The summed E-state index contributed by atoms with van der Waals surface area (Å²) in [6.45, 7) is 4.90. The van der Waals surface area contributed by atoms with Crippen molar-refractivity contribution >= 4 is 10.0 Å². The van der Waals surface area contributed by atoms with Crippen molar-refractivity contribution < 1.29 is 8.42 Å². The molecule has 0 amide bonds. The molecule has 0 aromatic rings. The van der Waals surface area contributed by atoms with Crippen molar-refractivity contribution in [3.8, 4) is 0 Å². The van der Waals surface area contributed by atoms with E-state index in [1.54, 1.807) is 0 Å². The third-order valence-corrected chi connectivity index (χ3v) is 4.86. The van der Waals surface area contributed by atoms with E-state index in [0.717, 1.165) is 32.2 Å². The number of nitrogens with one attached hydrogen (secondary N) is 2. The molecule has 0 spiro atoms. The Hall–Kier alpha value is -0.130. The van der Waals surface area contributed by atoms with Gasteiger partial charge in [-0.3, -0.25) is 0 Å². The second-order valence-corrected chi connectivity index (χ2v) is 7.46. The van der Waals surface area contributed by atoms with Gasteiger partial charge in [0.2, 0.25) is 10.0 Å². The van der Waals surface area contributed by atoms with Gasteiger partial charge in [0.1, 0.15) is 0 Å². The van der Waals surface area contributed by atoms with Gasteiger partial charge in [0.25, 0.3) is 0 Å². The molecule has 1 aliphatic carbocycles. The van der Waals surface area contributed by atoms with Gasteiger partial charge in [0.05, 0.1) is 5.75 Å². The van der Waals surface area contributed by atoms with Gasteiger partial charge in [-0.25, -0.2) is 13.1 Å². The minimum atomic E-state index is -3.09. The molecule has 1 aliphatic rings. The molecular formula is C13H28N2O2S. The van der Waals surface area contributed by atoms with Gasteiger partial charge in [-0.15, -0.1) is 0 Å². The molecule has 0 heterocycles. The lowest BCUT2D eigenvalue weighted by molar-refractivity contribution is 0.506. The summed E-state index contributed by atoms with van der Waals surface area (Å²) in [6, 6.07) is 0.595. The standard InChI is InChI=1S/C13H28N2O2S/c1-12(2)14-10-7-11-18(16,17)15-13-8-5-3-4-6-9-13/h12-15H,3-11H2,1-2H3. The Kier molecular flexibility index (Phi) is 7.19. The lowest BCUT2D eigenvalue weighted by atomic mass is 10.1. The highest BCUT2D eigenvalue weighted by Gasteiger charge is 2.18. The summed E-state index contributed by atoms with van der Waals surface area (Å²) in [6.07, 6.45) is 7.49. The average molecular weight is 276 g/mol. The fourth-order valence-electron chi connectivity index (χ4n) is 2.36. The van der Waals surface area contributed by atoms with E-state index in [-0.39, 0.29) is 11.8 Å². The smallest absolute Gasteiger partial charge is 0.211 e. The first-order valence-electron chi connectivity index (χ1n) is 7.23. The summed E-state index contributed by atoms with van der Waals surface area (Å²) in [7, 11) is -3.09. The summed E-state index contributed by atoms with van der Waals surface area (Å²) in [5.41, 5.74) is 0. The molecule has 0 unspecified atom stereocenters. The summed E-state index contributed by atoms with van der Waals surface area (Å²) >= 11 is 0. The Balaban J connectivity index is 2.25. The highest BCUT2D eigenvalue weighted by atomic mass is 32.2. The van der Waals surface area contributed by atoms with E-state index in [1.807, 2.05) is 0 Å². The van der Waals surface area contributed by atoms with Crippen LogP contribution in [0.5, 0.6) is 0 Å². The molecule has 0 atom stereocenters. The molecule has 1 rings (SSSR count). The maximum atomic E-state index is 11.9. The zero-order chi connectivity index (χ0) is 13.4. The molecule has 0 aliphatic heterocycles. The van der Waals surface area contributed by atoms with E-state index in [1.165, 1.54) is 12.8 Å². The van der Waals surface area contributed by atoms with Crippen molar-refractivity contribution in [2.45, 2.75) is 70.9 Å². The Morgan fingerprint density at radius 1 is 1.11 bits per heavy atom. The topological polar surface area (TPSA) is 58.2 Å². The summed E-state index contributed by atoms with van der Waals surface area (Å²) in [5.74, 6) is 0.239. The third kappa shape index (κ3) is 7.34. The second-order valence-electron chi connectivity index (χ2n) is 5.59. The number of sulfonamides is 1. The van der Waals surface area contributed by atoms with Gasteiger partial charge in [-0.1, -0.05) is 39.5 Å². The summed E-state index contributed by atoms with van der Waals surface area (Å²) < 4.78 is 26.7. The minimum absolute atomic E-state index is 0.176. The predicted molar refractivity (Wildman–Crippen MR) is 76.2 cm³/mol. The van der Waals surface area contributed by atoms with Gasteiger partial charge in [0.15, 0.2) is 0 Å². The zero-order valence-electron chi connectivity index (χ0n) is 11.7. The first kappa shape index (κ1) is 15.9. The van der Waals surface area contributed by atoms with Crippen LogP contribution in [0.1, 0.15) is 58.8 Å². The third-order valence-electron chi connectivity index (χ3n) is 3.34. The molecule has 5 heteroatoms. The predicted octanol–water partition coefficient (Wildman–Crippen LogP) is 2.02. The van der Waals surface area contributed by atoms with E-state index in [2.05, 4.69) is 23.9 Å². The highest BCUT2D eigenvalue weighted by Crippen LogP contribution is 2.17. The summed E-state index contributed by atoms with van der Waals surface area (Å²) in [4.78, 5) is 0. The van der Waals surface area contributed by atoms with Crippen LogP contribution in [-0.2, 0) is 10.0 Å². The largest absolute Gasteiger partial charge is 0.314 e. The lowest BCUT2D eigenvalue weighted by Crippen LogP contribution is -2.37. The van der Waals surface area contributed by atoms with Gasteiger partial charge in [-0.05, 0) is 25.8 Å². The van der Waals surface area contributed by atoms with Crippen LogP contribution in [0.2, 0.25) is 0 Å². The van der Waals surface area contributed by atoms with Gasteiger partial charge in [0, 0.05) is 12.1 Å². The quantitative estimate of drug-likeness (QED) is 0.552. The fourth-order valence-corrected chi connectivity index (χ4v) is 3.75. The maximum absolute atomic E-state index is 11.9. The lowest BCUT2D eigenvalue weighted by Gasteiger charge is -2.16. The number of hydrogen-bond donors (Lipinski definition) is 2. The van der Waals surface area contributed by atoms with E-state index in [0.29, 0.717) is 12.5 Å². The molecule has 2 N–H and O–H groups in total. The fraction of sp³-hybridized carbons (Fsp3) is 1.00. The van der Waals surface area contributed by atoms with Crippen LogP contribution in [0.4, 0.5) is 0 Å². The van der Waals surface area contributed by atoms with Crippen molar-refractivity contribution in [2.24, 2.45) is 0 Å². The van der Waals surface area contributed by atoms with E-state index in [9.17, 15) is 8.42 Å². The average Bonchev–Trinajstić information content (AvgIpc) is 2.52. The van der Waals surface area contributed by atoms with Crippen molar-refractivity contribution in [2.75, 3.05) is 12.3 Å². The monoisotopic (exact) mass is 276 g/mol. The Morgan fingerprint density at radius 3 is 2.28 bits per heavy atom. The van der Waals surface area contributed by atoms with Gasteiger partial charge >= 0.3 is 0 Å². The molecule has 1 saturated carbocycles. The van der Waals surface area contributed by atoms with Crippen molar-refractivity contribution in [3.05, 3.63) is 0 Å². The van der Waals surface area contributed by atoms with E-state index >= 15 is 0 Å². The number of rotatable bonds is 7. The Morgan fingerprint density at radius 2 is 1.72 bits per heavy atom. The zero-order valence-corrected chi connectivity index (χ0v) is 12.6. The molecule has 0 radical (unpaired) electrons. The maximum Gasteiger partial charge on any atom is 0.211 e. The van der Waals surface area contributed by atoms with Gasteiger partial charge in [-0.2, -0.15) is 0 Å². The molecule has 0 saturated heterocycles. The van der Waals surface area contributed by atoms with Gasteiger partial charge < -0.3 is 5.32 Å². The van der Waals surface area contributed by atoms with Crippen LogP contribution in [0.15, 0.2) is 0 Å². The normalized spacial score (nSPS) is 19.1. The molecule has 1 fully saturated rings. The van der Waals surface area contributed by atoms with E-state index in [4.69, 9.17) is 0 Å². The van der Waals surface area contributed by atoms with E-state index < -0.39 is 10.0 Å². The molecular weight excluding hydrogens is 248 g/mol. The SMILES string of the molecule is CC(C)NCCCS(=O)(=O)NC1CCCCCC1. The van der Waals surface area contributed by atoms with Crippen LogP contribution in [0, 0.1) is 0 Å². The second kappa shape index (κ2) is 8.12. The van der Waals surface area contributed by atoms with Crippen molar-refractivity contribution in [1.82, 2.24) is 10.0 Å². The first-order chi connectivity index (χ1) is 8.49. The van der Waals surface area contributed by atoms with Crippen molar-refractivity contribution in [3.63, 3.8) is 0 Å². The Bertz CT molecular complexity index is 307. The molecule has 108 valence electrons. The Labute approximate surface area is 112 Å². The number of hydrogen-bond acceptors (Lipinski definition) is 3. The van der Waals surface area contributed by atoms with Crippen LogP contribution in [0.3, 0.4) is 0 Å². The molecule has 18 heavy (non-hydrogen) atoms. The molecule has 0 aromatic carbocycles. The molecule has 4 nitrogen and oxygen atoms in total. The molecule has 0 aromatic heterocycles. The summed E-state index contributed by atoms with van der Waals surface area (Å²) in [5, 5.41) is 3.24. The minimum Gasteiger partial charge on any atom is -0.314 e. The molecule has 0 bridgehead atoms. The van der Waals surface area contributed by atoms with Crippen molar-refractivity contribution in [1.29, 1.82) is 0 Å². The highest BCUT2D eigenvalue weighted by molar-refractivity contribution is 7.89. The van der Waals surface area contributed by atoms with Crippen LogP contribution in [-0.4, -0.2) is 32.8 Å². The van der Waals surface area contributed by atoms with Crippen LogP contribution < -0.4 is 10.0 Å². The first-order valence-corrected chi connectivity index (χ1v) is 8.88.